The third-order valence-corrected chi connectivity index (χ3v) is 4.59. The molecule has 1 aliphatic rings. The molecule has 6 nitrogen and oxygen atoms in total. The van der Waals surface area contributed by atoms with Crippen molar-refractivity contribution in [3.63, 3.8) is 0 Å². The second-order valence-corrected chi connectivity index (χ2v) is 6.20. The third kappa shape index (κ3) is 2.46. The van der Waals surface area contributed by atoms with Gasteiger partial charge in [-0.25, -0.2) is 0 Å². The molecule has 1 heterocycles. The van der Waals surface area contributed by atoms with Crippen LogP contribution in [0.15, 0.2) is 16.9 Å². The summed E-state index contributed by atoms with van der Waals surface area (Å²) in [4.78, 5) is 38.2. The molecule has 6 heteroatoms. The number of rotatable bonds is 4. The molecular weight excluding hydrogens is 272 g/mol. The lowest BCUT2D eigenvalue weighted by Crippen LogP contribution is -2.65. The minimum Gasteiger partial charge on any atom is -0.481 e. The summed E-state index contributed by atoms with van der Waals surface area (Å²) < 4.78 is 0. The molecule has 2 rings (SSSR count). The molecule has 0 atom stereocenters. The van der Waals surface area contributed by atoms with Gasteiger partial charge in [0.05, 0.1) is 11.0 Å². The van der Waals surface area contributed by atoms with Crippen molar-refractivity contribution in [2.45, 2.75) is 45.6 Å². The topological polar surface area (TPSA) is 99.3 Å². The van der Waals surface area contributed by atoms with Crippen molar-refractivity contribution in [3.8, 4) is 0 Å². The third-order valence-electron chi connectivity index (χ3n) is 4.59. The molecular formula is C15H20N2O4. The summed E-state index contributed by atoms with van der Waals surface area (Å²) in [5.41, 5.74) is -1.67. The molecule has 0 unspecified atom stereocenters. The van der Waals surface area contributed by atoms with Crippen molar-refractivity contribution < 1.29 is 14.7 Å². The highest BCUT2D eigenvalue weighted by atomic mass is 16.4. The van der Waals surface area contributed by atoms with Gasteiger partial charge in [0.2, 0.25) is 0 Å². The minimum absolute atomic E-state index is 0.00747. The van der Waals surface area contributed by atoms with E-state index in [9.17, 15) is 19.5 Å². The maximum absolute atomic E-state index is 12.3. The Kier molecular flexibility index (Phi) is 3.65. The molecule has 3 N–H and O–H groups in total. The number of hydrogen-bond donors (Lipinski definition) is 3. The van der Waals surface area contributed by atoms with E-state index < -0.39 is 28.4 Å². The molecule has 0 bridgehead atoms. The van der Waals surface area contributed by atoms with Crippen LogP contribution in [0.1, 0.15) is 49.2 Å². The average Bonchev–Trinajstić information content (AvgIpc) is 2.32. The number of carboxylic acid groups (broad SMARTS) is 1. The number of H-pyrrole nitrogens is 1. The van der Waals surface area contributed by atoms with E-state index in [0.29, 0.717) is 18.5 Å². The summed E-state index contributed by atoms with van der Waals surface area (Å²) in [5, 5.41) is 12.2. The number of aromatic nitrogens is 1. The number of aryl methyl sites for hydroxylation is 1. The van der Waals surface area contributed by atoms with E-state index >= 15 is 0 Å². The van der Waals surface area contributed by atoms with E-state index in [1.54, 1.807) is 26.8 Å². The Bertz CT molecular complexity index is 641. The number of aliphatic carboxylic acids is 1. The van der Waals surface area contributed by atoms with Crippen molar-refractivity contribution in [1.29, 1.82) is 0 Å². The fraction of sp³-hybridized carbons (Fsp3) is 0.533. The van der Waals surface area contributed by atoms with Gasteiger partial charge in [-0.1, -0.05) is 0 Å². The SMILES string of the molecule is Cc1ccc(C(=O)NC2(C(C)(C)C(=O)O)CCC2)c(=O)[nH]1. The number of nitrogens with one attached hydrogen (secondary N) is 2. The number of hydrogen-bond acceptors (Lipinski definition) is 3. The number of aromatic amines is 1. The maximum atomic E-state index is 12.3. The highest BCUT2D eigenvalue weighted by Gasteiger charge is 2.54. The van der Waals surface area contributed by atoms with Gasteiger partial charge in [-0.15, -0.1) is 0 Å². The summed E-state index contributed by atoms with van der Waals surface area (Å²) in [5.74, 6) is -1.48. The Balaban J connectivity index is 2.29. The molecule has 1 aliphatic carbocycles. The highest BCUT2D eigenvalue weighted by Crippen LogP contribution is 2.46. The average molecular weight is 292 g/mol. The number of amides is 1. The summed E-state index contributed by atoms with van der Waals surface area (Å²) in [6, 6.07) is 3.11. The molecule has 0 aromatic carbocycles. The normalized spacial score (nSPS) is 16.9. The van der Waals surface area contributed by atoms with Crippen molar-refractivity contribution in [1.82, 2.24) is 10.3 Å². The molecule has 1 fully saturated rings. The highest BCUT2D eigenvalue weighted by molar-refractivity contribution is 5.95. The van der Waals surface area contributed by atoms with Crippen LogP contribution in [0, 0.1) is 12.3 Å². The van der Waals surface area contributed by atoms with E-state index in [-0.39, 0.29) is 5.56 Å². The fourth-order valence-corrected chi connectivity index (χ4v) is 2.68. The van der Waals surface area contributed by atoms with Gasteiger partial charge in [-0.05, 0) is 52.2 Å². The van der Waals surface area contributed by atoms with Gasteiger partial charge < -0.3 is 15.4 Å². The van der Waals surface area contributed by atoms with Crippen LogP contribution in [0.3, 0.4) is 0 Å². The van der Waals surface area contributed by atoms with Gasteiger partial charge in [-0.2, -0.15) is 0 Å². The molecule has 1 amide bonds. The number of pyridine rings is 1. The maximum Gasteiger partial charge on any atom is 0.311 e. The summed E-state index contributed by atoms with van der Waals surface area (Å²) in [7, 11) is 0. The summed E-state index contributed by atoms with van der Waals surface area (Å²) in [6.07, 6.45) is 2.06. The monoisotopic (exact) mass is 292 g/mol. The van der Waals surface area contributed by atoms with Gasteiger partial charge in [0.15, 0.2) is 0 Å². The van der Waals surface area contributed by atoms with Crippen LogP contribution in [0.5, 0.6) is 0 Å². The molecule has 0 saturated heterocycles. The second kappa shape index (κ2) is 5.02. The standard InChI is InChI=1S/C15H20N2O4/c1-9-5-6-10(11(18)16-9)12(19)17-15(7-4-8-15)14(2,3)13(20)21/h5-6H,4,7-8H2,1-3H3,(H,16,18)(H,17,19)(H,20,21). The van der Waals surface area contributed by atoms with Crippen LogP contribution in [-0.4, -0.2) is 27.5 Å². The van der Waals surface area contributed by atoms with E-state index in [0.717, 1.165) is 6.42 Å². The van der Waals surface area contributed by atoms with Crippen LogP contribution in [0.2, 0.25) is 0 Å². The largest absolute Gasteiger partial charge is 0.481 e. The van der Waals surface area contributed by atoms with E-state index in [2.05, 4.69) is 10.3 Å². The Morgan fingerprint density at radius 3 is 2.38 bits per heavy atom. The van der Waals surface area contributed by atoms with Crippen LogP contribution < -0.4 is 10.9 Å². The van der Waals surface area contributed by atoms with Crippen molar-refractivity contribution >= 4 is 11.9 Å². The molecule has 21 heavy (non-hydrogen) atoms. The summed E-state index contributed by atoms with van der Waals surface area (Å²) >= 11 is 0. The Hall–Kier alpha value is -2.11. The molecule has 0 spiro atoms. The van der Waals surface area contributed by atoms with Gasteiger partial charge >= 0.3 is 5.97 Å². The van der Waals surface area contributed by atoms with E-state index in [1.807, 2.05) is 0 Å². The predicted octanol–water partition coefficient (Wildman–Crippen LogP) is 1.45. The zero-order valence-electron chi connectivity index (χ0n) is 12.4. The van der Waals surface area contributed by atoms with E-state index in [4.69, 9.17) is 0 Å². The smallest absolute Gasteiger partial charge is 0.311 e. The predicted molar refractivity (Wildman–Crippen MR) is 77.3 cm³/mol. The zero-order valence-corrected chi connectivity index (χ0v) is 12.4. The van der Waals surface area contributed by atoms with Gasteiger partial charge in [0.1, 0.15) is 5.56 Å². The minimum atomic E-state index is -1.08. The van der Waals surface area contributed by atoms with Gasteiger partial charge in [0.25, 0.3) is 11.5 Å². The first-order valence-corrected chi connectivity index (χ1v) is 6.95. The Morgan fingerprint density at radius 2 is 1.95 bits per heavy atom. The quantitative estimate of drug-likeness (QED) is 0.782. The molecule has 0 radical (unpaired) electrons. The zero-order chi connectivity index (χ0) is 15.8. The molecule has 1 aromatic heterocycles. The first-order valence-electron chi connectivity index (χ1n) is 6.95. The lowest BCUT2D eigenvalue weighted by atomic mass is 9.60. The molecule has 1 saturated carbocycles. The first kappa shape index (κ1) is 15.3. The van der Waals surface area contributed by atoms with Crippen molar-refractivity contribution in [3.05, 3.63) is 33.7 Å². The van der Waals surface area contributed by atoms with Gasteiger partial charge in [-0.3, -0.25) is 14.4 Å². The van der Waals surface area contributed by atoms with Crippen molar-refractivity contribution in [2.75, 3.05) is 0 Å². The number of carbonyl (C=O) groups excluding carboxylic acids is 1. The lowest BCUT2D eigenvalue weighted by Gasteiger charge is -2.51. The van der Waals surface area contributed by atoms with E-state index in [1.165, 1.54) is 6.07 Å². The first-order chi connectivity index (χ1) is 9.69. The Morgan fingerprint density at radius 1 is 1.33 bits per heavy atom. The number of carbonyl (C=O) groups is 2. The fourth-order valence-electron chi connectivity index (χ4n) is 2.68. The lowest BCUT2D eigenvalue weighted by molar-refractivity contribution is -0.154. The molecule has 1 aromatic rings. The summed E-state index contributed by atoms with van der Waals surface area (Å²) in [6.45, 7) is 4.94. The van der Waals surface area contributed by atoms with Crippen LogP contribution >= 0.6 is 0 Å². The second-order valence-electron chi connectivity index (χ2n) is 6.20. The van der Waals surface area contributed by atoms with Crippen molar-refractivity contribution in [2.24, 2.45) is 5.41 Å². The van der Waals surface area contributed by atoms with Crippen LogP contribution in [-0.2, 0) is 4.79 Å². The van der Waals surface area contributed by atoms with Crippen LogP contribution in [0.4, 0.5) is 0 Å². The van der Waals surface area contributed by atoms with Crippen LogP contribution in [0.25, 0.3) is 0 Å². The molecule has 0 aliphatic heterocycles. The number of carboxylic acids is 1. The van der Waals surface area contributed by atoms with Gasteiger partial charge in [0, 0.05) is 5.69 Å². The Labute approximate surface area is 122 Å². The molecule has 114 valence electrons.